The van der Waals surface area contributed by atoms with Crippen molar-refractivity contribution in [3.8, 4) is 17.2 Å². The maximum absolute atomic E-state index is 12.4. The van der Waals surface area contributed by atoms with E-state index in [1.54, 1.807) is 13.2 Å². The summed E-state index contributed by atoms with van der Waals surface area (Å²) in [4.78, 5) is 14.8. The fourth-order valence-electron chi connectivity index (χ4n) is 3.69. The third-order valence-corrected chi connectivity index (χ3v) is 5.35. The highest BCUT2D eigenvalue weighted by atomic mass is 16.6. The van der Waals surface area contributed by atoms with E-state index in [1.165, 1.54) is 11.6 Å². The number of methoxy groups -OCH3 is 1. The number of hydrogen-bond donors (Lipinski definition) is 1. The number of benzene rings is 2. The quantitative estimate of drug-likeness (QED) is 0.690. The Balaban J connectivity index is 1.37. The summed E-state index contributed by atoms with van der Waals surface area (Å²) in [5.74, 6) is 1.67. The molecule has 1 N–H and O–H groups in total. The van der Waals surface area contributed by atoms with Crippen LogP contribution in [-0.4, -0.2) is 57.4 Å². The Morgan fingerprint density at radius 3 is 2.68 bits per heavy atom. The van der Waals surface area contributed by atoms with E-state index in [-0.39, 0.29) is 5.91 Å². The lowest BCUT2D eigenvalue weighted by atomic mass is 10.1. The number of carbonyl (C=O) groups excluding carboxylic acids is 1. The Kier molecular flexibility index (Phi) is 7.07. The van der Waals surface area contributed by atoms with E-state index in [0.29, 0.717) is 37.0 Å². The van der Waals surface area contributed by atoms with Crippen LogP contribution in [0.1, 0.15) is 16.7 Å². The van der Waals surface area contributed by atoms with Gasteiger partial charge < -0.3 is 24.3 Å². The normalized spacial score (nSPS) is 16.3. The van der Waals surface area contributed by atoms with Crippen molar-refractivity contribution in [3.05, 3.63) is 59.2 Å². The first kappa shape index (κ1) is 21.2. The minimum absolute atomic E-state index is 0.157. The molecule has 7 nitrogen and oxygen atoms in total. The molecule has 2 heterocycles. The van der Waals surface area contributed by atoms with Crippen molar-refractivity contribution in [2.45, 2.75) is 13.1 Å². The van der Waals surface area contributed by atoms with E-state index in [1.807, 2.05) is 24.3 Å². The van der Waals surface area contributed by atoms with Gasteiger partial charge in [-0.05, 0) is 34.9 Å². The second-order valence-electron chi connectivity index (χ2n) is 7.46. The predicted octanol–water partition coefficient (Wildman–Crippen LogP) is 2.63. The first-order valence-electron chi connectivity index (χ1n) is 10.5. The van der Waals surface area contributed by atoms with Crippen LogP contribution in [-0.2, 0) is 22.6 Å². The van der Waals surface area contributed by atoms with Gasteiger partial charge in [-0.25, -0.2) is 0 Å². The Hall–Kier alpha value is -3.03. The lowest BCUT2D eigenvalue weighted by Gasteiger charge is -2.27. The number of nitrogens with zero attached hydrogens (tertiary/aromatic N) is 1. The van der Waals surface area contributed by atoms with E-state index in [0.717, 1.165) is 44.0 Å². The van der Waals surface area contributed by atoms with Gasteiger partial charge in [0.15, 0.2) is 11.5 Å². The number of morpholine rings is 1. The number of hydrogen-bond acceptors (Lipinski definition) is 6. The van der Waals surface area contributed by atoms with Gasteiger partial charge in [-0.3, -0.25) is 9.69 Å². The number of carbonyl (C=O) groups is 1. The summed E-state index contributed by atoms with van der Waals surface area (Å²) in [6, 6.07) is 11.9. The van der Waals surface area contributed by atoms with Crippen molar-refractivity contribution >= 4 is 12.0 Å². The maximum atomic E-state index is 12.4. The Bertz CT molecular complexity index is 920. The molecule has 2 aliphatic heterocycles. The summed E-state index contributed by atoms with van der Waals surface area (Å²) >= 11 is 0. The Labute approximate surface area is 182 Å². The number of nitrogens with one attached hydrogen (secondary N) is 1. The highest BCUT2D eigenvalue weighted by Crippen LogP contribution is 2.40. The van der Waals surface area contributed by atoms with Crippen LogP contribution in [0.15, 0.2) is 42.5 Å². The van der Waals surface area contributed by atoms with Gasteiger partial charge in [0.25, 0.3) is 0 Å². The molecule has 0 unspecified atom stereocenters. The smallest absolute Gasteiger partial charge is 0.244 e. The number of rotatable bonds is 7. The van der Waals surface area contributed by atoms with Crippen molar-refractivity contribution in [2.75, 3.05) is 46.6 Å². The second kappa shape index (κ2) is 10.3. The molecule has 2 aromatic rings. The standard InChI is InChI=1S/C24H28N2O5/c1-28-21-14-18(15-22-24(21)31-13-12-30-22)6-7-23(27)25-16-19-4-2-3-5-20(19)17-26-8-10-29-11-9-26/h2-7,14-15H,8-13,16-17H2,1H3,(H,25,27)/b7-6+. The minimum atomic E-state index is -0.157. The molecule has 164 valence electrons. The van der Waals surface area contributed by atoms with Gasteiger partial charge in [0.1, 0.15) is 13.2 Å². The molecule has 7 heteroatoms. The number of ether oxygens (including phenoxy) is 4. The summed E-state index contributed by atoms with van der Waals surface area (Å²) in [7, 11) is 1.59. The predicted molar refractivity (Wildman–Crippen MR) is 117 cm³/mol. The summed E-state index contributed by atoms with van der Waals surface area (Å²) in [5, 5.41) is 2.98. The molecule has 0 aromatic heterocycles. The molecule has 0 bridgehead atoms. The maximum Gasteiger partial charge on any atom is 0.244 e. The van der Waals surface area contributed by atoms with Crippen LogP contribution < -0.4 is 19.5 Å². The highest BCUT2D eigenvalue weighted by molar-refractivity contribution is 5.91. The zero-order chi connectivity index (χ0) is 21.5. The van der Waals surface area contributed by atoms with E-state index >= 15 is 0 Å². The Morgan fingerprint density at radius 1 is 1.10 bits per heavy atom. The topological polar surface area (TPSA) is 69.3 Å². The van der Waals surface area contributed by atoms with Crippen LogP contribution in [0.3, 0.4) is 0 Å². The summed E-state index contributed by atoms with van der Waals surface area (Å²) in [6.07, 6.45) is 3.27. The van der Waals surface area contributed by atoms with Crippen LogP contribution in [0.5, 0.6) is 17.2 Å². The fraction of sp³-hybridized carbons (Fsp3) is 0.375. The molecule has 0 saturated carbocycles. The lowest BCUT2D eigenvalue weighted by Crippen LogP contribution is -2.36. The van der Waals surface area contributed by atoms with Crippen LogP contribution in [0.4, 0.5) is 0 Å². The van der Waals surface area contributed by atoms with Crippen LogP contribution in [0.2, 0.25) is 0 Å². The van der Waals surface area contributed by atoms with Gasteiger partial charge in [-0.2, -0.15) is 0 Å². The van der Waals surface area contributed by atoms with Gasteiger partial charge in [0.05, 0.1) is 20.3 Å². The third kappa shape index (κ3) is 5.57. The molecule has 4 rings (SSSR count). The zero-order valence-electron chi connectivity index (χ0n) is 17.8. The molecule has 2 aliphatic rings. The average Bonchev–Trinajstić information content (AvgIpc) is 2.82. The molecule has 0 atom stereocenters. The van der Waals surface area contributed by atoms with Gasteiger partial charge in [-0.1, -0.05) is 24.3 Å². The molecule has 1 amide bonds. The molecule has 1 saturated heterocycles. The highest BCUT2D eigenvalue weighted by Gasteiger charge is 2.18. The van der Waals surface area contributed by atoms with E-state index in [2.05, 4.69) is 22.3 Å². The van der Waals surface area contributed by atoms with Gasteiger partial charge in [0.2, 0.25) is 11.7 Å². The van der Waals surface area contributed by atoms with Crippen LogP contribution in [0, 0.1) is 0 Å². The molecular formula is C24H28N2O5. The van der Waals surface area contributed by atoms with Gasteiger partial charge in [-0.15, -0.1) is 0 Å². The first-order chi connectivity index (χ1) is 15.2. The summed E-state index contributed by atoms with van der Waals surface area (Å²) in [6.45, 7) is 5.74. The van der Waals surface area contributed by atoms with Crippen molar-refractivity contribution < 1.29 is 23.7 Å². The van der Waals surface area contributed by atoms with E-state index < -0.39 is 0 Å². The molecule has 0 radical (unpaired) electrons. The summed E-state index contributed by atoms with van der Waals surface area (Å²) in [5.41, 5.74) is 3.16. The number of amides is 1. The van der Waals surface area contributed by atoms with Gasteiger partial charge >= 0.3 is 0 Å². The molecule has 0 aliphatic carbocycles. The Morgan fingerprint density at radius 2 is 1.87 bits per heavy atom. The first-order valence-corrected chi connectivity index (χ1v) is 10.5. The molecule has 1 fully saturated rings. The largest absolute Gasteiger partial charge is 0.493 e. The van der Waals surface area contributed by atoms with Crippen LogP contribution >= 0.6 is 0 Å². The van der Waals surface area contributed by atoms with E-state index in [4.69, 9.17) is 18.9 Å². The van der Waals surface area contributed by atoms with Crippen molar-refractivity contribution in [1.82, 2.24) is 10.2 Å². The molecule has 31 heavy (non-hydrogen) atoms. The summed E-state index contributed by atoms with van der Waals surface area (Å²) < 4.78 is 22.1. The van der Waals surface area contributed by atoms with Gasteiger partial charge in [0, 0.05) is 32.3 Å². The second-order valence-corrected chi connectivity index (χ2v) is 7.46. The van der Waals surface area contributed by atoms with Crippen LogP contribution in [0.25, 0.3) is 6.08 Å². The number of fused-ring (bicyclic) bond motifs is 1. The monoisotopic (exact) mass is 424 g/mol. The fourth-order valence-corrected chi connectivity index (χ4v) is 3.69. The van der Waals surface area contributed by atoms with Crippen molar-refractivity contribution in [3.63, 3.8) is 0 Å². The lowest BCUT2D eigenvalue weighted by molar-refractivity contribution is -0.116. The third-order valence-electron chi connectivity index (χ3n) is 5.35. The molecule has 0 spiro atoms. The van der Waals surface area contributed by atoms with E-state index in [9.17, 15) is 4.79 Å². The SMILES string of the molecule is COc1cc(/C=C/C(=O)NCc2ccccc2CN2CCOCC2)cc2c1OCCO2. The zero-order valence-corrected chi connectivity index (χ0v) is 17.8. The molecular weight excluding hydrogens is 396 g/mol. The van der Waals surface area contributed by atoms with Crippen molar-refractivity contribution in [1.29, 1.82) is 0 Å². The molecule has 2 aromatic carbocycles. The van der Waals surface area contributed by atoms with Crippen molar-refractivity contribution in [2.24, 2.45) is 0 Å². The minimum Gasteiger partial charge on any atom is -0.493 e. The average molecular weight is 424 g/mol.